The zero-order chi connectivity index (χ0) is 17.7. The Morgan fingerprint density at radius 1 is 1.17 bits per heavy atom. The largest absolute Gasteiger partial charge is 0.493 e. The van der Waals surface area contributed by atoms with Gasteiger partial charge in [-0.3, -0.25) is 4.79 Å². The minimum Gasteiger partial charge on any atom is -0.493 e. The molecule has 24 heavy (non-hydrogen) atoms. The van der Waals surface area contributed by atoms with Crippen molar-refractivity contribution in [1.29, 1.82) is 0 Å². The standard InChI is InChI=1S/C19H24N2O3/c1-12(2)19-20-15(11-17(22)21-19)10-9-14-7-6-8-16(23-5)18(14)24-13(3)4/h6-13H,1-5H3,(H,20,21,22)/b10-9+. The number of para-hydroxylation sites is 1. The minimum atomic E-state index is -0.155. The van der Waals surface area contributed by atoms with Crippen molar-refractivity contribution in [2.24, 2.45) is 0 Å². The minimum absolute atomic E-state index is 0.0266. The summed E-state index contributed by atoms with van der Waals surface area (Å²) in [6, 6.07) is 7.17. The second-order valence-electron chi connectivity index (χ2n) is 6.09. The van der Waals surface area contributed by atoms with E-state index in [0.717, 1.165) is 5.56 Å². The number of H-pyrrole nitrogens is 1. The molecule has 0 unspecified atom stereocenters. The van der Waals surface area contributed by atoms with Crippen LogP contribution in [0.3, 0.4) is 0 Å². The molecular formula is C19H24N2O3. The number of aromatic nitrogens is 2. The molecule has 0 aliphatic heterocycles. The van der Waals surface area contributed by atoms with Gasteiger partial charge in [0.15, 0.2) is 11.5 Å². The zero-order valence-corrected chi connectivity index (χ0v) is 14.8. The summed E-state index contributed by atoms with van der Waals surface area (Å²) in [5.74, 6) is 2.18. The number of methoxy groups -OCH3 is 1. The fraction of sp³-hybridized carbons (Fsp3) is 0.368. The summed E-state index contributed by atoms with van der Waals surface area (Å²) in [6.07, 6.45) is 3.72. The van der Waals surface area contributed by atoms with Crippen LogP contribution in [0, 0.1) is 0 Å². The molecule has 2 aromatic rings. The molecule has 0 aliphatic carbocycles. The summed E-state index contributed by atoms with van der Waals surface area (Å²) in [7, 11) is 1.61. The van der Waals surface area contributed by atoms with Crippen LogP contribution in [0.25, 0.3) is 12.2 Å². The van der Waals surface area contributed by atoms with E-state index >= 15 is 0 Å². The number of hydrogen-bond donors (Lipinski definition) is 1. The molecule has 0 aliphatic rings. The lowest BCUT2D eigenvalue weighted by atomic mass is 10.1. The van der Waals surface area contributed by atoms with Gasteiger partial charge in [0.1, 0.15) is 5.82 Å². The first-order valence-corrected chi connectivity index (χ1v) is 8.03. The first-order valence-electron chi connectivity index (χ1n) is 8.03. The maximum atomic E-state index is 11.8. The first kappa shape index (κ1) is 17.8. The Morgan fingerprint density at radius 2 is 1.92 bits per heavy atom. The van der Waals surface area contributed by atoms with Crippen LogP contribution in [0.15, 0.2) is 29.1 Å². The van der Waals surface area contributed by atoms with Crippen LogP contribution >= 0.6 is 0 Å². The van der Waals surface area contributed by atoms with Crippen LogP contribution in [0.5, 0.6) is 11.5 Å². The van der Waals surface area contributed by atoms with Gasteiger partial charge in [-0.15, -0.1) is 0 Å². The highest BCUT2D eigenvalue weighted by Gasteiger charge is 2.10. The summed E-state index contributed by atoms with van der Waals surface area (Å²) in [6.45, 7) is 7.91. The monoisotopic (exact) mass is 328 g/mol. The lowest BCUT2D eigenvalue weighted by molar-refractivity contribution is 0.229. The van der Waals surface area contributed by atoms with Crippen molar-refractivity contribution in [3.8, 4) is 11.5 Å². The van der Waals surface area contributed by atoms with Gasteiger partial charge in [-0.2, -0.15) is 0 Å². The van der Waals surface area contributed by atoms with E-state index in [0.29, 0.717) is 23.0 Å². The molecule has 0 radical (unpaired) electrons. The van der Waals surface area contributed by atoms with Gasteiger partial charge < -0.3 is 14.5 Å². The molecule has 2 rings (SSSR count). The van der Waals surface area contributed by atoms with Gasteiger partial charge in [-0.1, -0.05) is 26.0 Å². The van der Waals surface area contributed by atoms with Crippen molar-refractivity contribution in [1.82, 2.24) is 9.97 Å². The molecule has 0 saturated heterocycles. The lowest BCUT2D eigenvalue weighted by Gasteiger charge is -2.15. The van der Waals surface area contributed by atoms with Gasteiger partial charge in [0, 0.05) is 17.5 Å². The quantitative estimate of drug-likeness (QED) is 0.874. The van der Waals surface area contributed by atoms with E-state index in [2.05, 4.69) is 9.97 Å². The summed E-state index contributed by atoms with van der Waals surface area (Å²) in [5.41, 5.74) is 1.33. The topological polar surface area (TPSA) is 64.2 Å². The van der Waals surface area contributed by atoms with E-state index in [9.17, 15) is 4.79 Å². The van der Waals surface area contributed by atoms with E-state index in [1.54, 1.807) is 7.11 Å². The molecule has 1 aromatic carbocycles. The molecule has 0 bridgehead atoms. The van der Waals surface area contributed by atoms with Crippen molar-refractivity contribution in [3.63, 3.8) is 0 Å². The van der Waals surface area contributed by atoms with Crippen LogP contribution in [-0.2, 0) is 0 Å². The normalized spacial score (nSPS) is 11.5. The van der Waals surface area contributed by atoms with E-state index in [-0.39, 0.29) is 17.6 Å². The number of aromatic amines is 1. The molecule has 5 heteroatoms. The van der Waals surface area contributed by atoms with Gasteiger partial charge in [0.25, 0.3) is 5.56 Å². The molecule has 0 atom stereocenters. The van der Waals surface area contributed by atoms with Gasteiger partial charge >= 0.3 is 0 Å². The Balaban J connectivity index is 2.40. The van der Waals surface area contributed by atoms with Gasteiger partial charge in [0.2, 0.25) is 0 Å². The number of nitrogens with zero attached hydrogens (tertiary/aromatic N) is 1. The van der Waals surface area contributed by atoms with E-state index in [1.807, 2.05) is 58.0 Å². The number of ether oxygens (including phenoxy) is 2. The molecule has 1 N–H and O–H groups in total. The third-order valence-corrected chi connectivity index (χ3v) is 3.34. The third kappa shape index (κ3) is 4.47. The number of nitrogens with one attached hydrogen (secondary N) is 1. The second-order valence-corrected chi connectivity index (χ2v) is 6.09. The Hall–Kier alpha value is -2.56. The summed E-state index contributed by atoms with van der Waals surface area (Å²) in [4.78, 5) is 19.0. The summed E-state index contributed by atoms with van der Waals surface area (Å²) >= 11 is 0. The average molecular weight is 328 g/mol. The Bertz CT molecular complexity index is 776. The average Bonchev–Trinajstić information content (AvgIpc) is 2.52. The van der Waals surface area contributed by atoms with E-state index in [1.165, 1.54) is 6.07 Å². The Kier molecular flexibility index (Phi) is 5.79. The highest BCUT2D eigenvalue weighted by molar-refractivity contribution is 5.73. The smallest absolute Gasteiger partial charge is 0.251 e. The molecule has 0 amide bonds. The molecule has 0 spiro atoms. The predicted octanol–water partition coefficient (Wildman–Crippen LogP) is 3.86. The summed E-state index contributed by atoms with van der Waals surface area (Å²) in [5, 5.41) is 0. The van der Waals surface area contributed by atoms with Gasteiger partial charge in [-0.25, -0.2) is 4.98 Å². The third-order valence-electron chi connectivity index (χ3n) is 3.34. The van der Waals surface area contributed by atoms with Gasteiger partial charge in [-0.05, 0) is 32.1 Å². The Morgan fingerprint density at radius 3 is 2.54 bits per heavy atom. The van der Waals surface area contributed by atoms with Crippen LogP contribution in [0.2, 0.25) is 0 Å². The van der Waals surface area contributed by atoms with Crippen LogP contribution in [-0.4, -0.2) is 23.2 Å². The van der Waals surface area contributed by atoms with Crippen LogP contribution < -0.4 is 15.0 Å². The summed E-state index contributed by atoms with van der Waals surface area (Å²) < 4.78 is 11.3. The fourth-order valence-electron chi connectivity index (χ4n) is 2.22. The van der Waals surface area contributed by atoms with Crippen molar-refractivity contribution in [2.45, 2.75) is 39.7 Å². The highest BCUT2D eigenvalue weighted by Crippen LogP contribution is 2.33. The molecule has 5 nitrogen and oxygen atoms in total. The van der Waals surface area contributed by atoms with Crippen molar-refractivity contribution in [2.75, 3.05) is 7.11 Å². The van der Waals surface area contributed by atoms with Gasteiger partial charge in [0.05, 0.1) is 18.9 Å². The molecule has 128 valence electrons. The number of benzene rings is 1. The second kappa shape index (κ2) is 7.81. The highest BCUT2D eigenvalue weighted by atomic mass is 16.5. The maximum Gasteiger partial charge on any atom is 0.251 e. The Labute approximate surface area is 142 Å². The van der Waals surface area contributed by atoms with Crippen molar-refractivity contribution >= 4 is 12.2 Å². The maximum absolute atomic E-state index is 11.8. The molecule has 1 aromatic heterocycles. The van der Waals surface area contributed by atoms with E-state index < -0.39 is 0 Å². The molecule has 0 saturated carbocycles. The molecule has 1 heterocycles. The van der Waals surface area contributed by atoms with Crippen molar-refractivity contribution in [3.05, 3.63) is 51.7 Å². The fourth-order valence-corrected chi connectivity index (χ4v) is 2.22. The first-order chi connectivity index (χ1) is 11.4. The molecule has 0 fully saturated rings. The molecular weight excluding hydrogens is 304 g/mol. The van der Waals surface area contributed by atoms with Crippen LogP contribution in [0.4, 0.5) is 0 Å². The predicted molar refractivity (Wildman–Crippen MR) is 96.6 cm³/mol. The van der Waals surface area contributed by atoms with Crippen molar-refractivity contribution < 1.29 is 9.47 Å². The lowest BCUT2D eigenvalue weighted by Crippen LogP contribution is -2.12. The number of rotatable bonds is 6. The zero-order valence-electron chi connectivity index (χ0n) is 14.8. The SMILES string of the molecule is COc1cccc(/C=C/c2cc(=O)[nH]c(C(C)C)n2)c1OC(C)C. The van der Waals surface area contributed by atoms with E-state index in [4.69, 9.17) is 9.47 Å². The van der Waals surface area contributed by atoms with Crippen LogP contribution in [0.1, 0.15) is 50.7 Å². The number of hydrogen-bond acceptors (Lipinski definition) is 4.